The molecule has 0 spiro atoms. The van der Waals surface area contributed by atoms with Crippen LogP contribution in [0.3, 0.4) is 0 Å². The summed E-state index contributed by atoms with van der Waals surface area (Å²) in [5.41, 5.74) is 1.25. The molecule has 2 amide bonds. The smallest absolute Gasteiger partial charge is 0.407 e. The molecule has 6 heteroatoms. The van der Waals surface area contributed by atoms with Gasteiger partial charge < -0.3 is 19.7 Å². The maximum atomic E-state index is 12.8. The van der Waals surface area contributed by atoms with Crippen molar-refractivity contribution < 1.29 is 19.1 Å². The number of hydrogen-bond donors (Lipinski definition) is 1. The van der Waals surface area contributed by atoms with Gasteiger partial charge in [-0.15, -0.1) is 0 Å². The fraction of sp³-hybridized carbons (Fsp3) is 0.524. The molecule has 1 unspecified atom stereocenters. The van der Waals surface area contributed by atoms with Crippen molar-refractivity contribution in [1.82, 2.24) is 10.2 Å². The number of nitrogens with zero attached hydrogens (tertiary/aromatic N) is 1. The van der Waals surface area contributed by atoms with Gasteiger partial charge in [-0.1, -0.05) is 24.8 Å². The second-order valence-corrected chi connectivity index (χ2v) is 7.78. The maximum absolute atomic E-state index is 12.8. The van der Waals surface area contributed by atoms with E-state index >= 15 is 0 Å². The molecule has 2 rings (SSSR count). The topological polar surface area (TPSA) is 67.9 Å². The number of piperidine rings is 1. The molecule has 0 aliphatic carbocycles. The van der Waals surface area contributed by atoms with Crippen LogP contribution in [0.25, 0.3) is 6.08 Å². The highest BCUT2D eigenvalue weighted by atomic mass is 16.6. The Balaban J connectivity index is 1.96. The van der Waals surface area contributed by atoms with Crippen LogP contribution in [0.4, 0.5) is 4.79 Å². The molecule has 27 heavy (non-hydrogen) atoms. The lowest BCUT2D eigenvalue weighted by Gasteiger charge is -2.33. The number of rotatable bonds is 5. The van der Waals surface area contributed by atoms with Crippen LogP contribution in [0, 0.1) is 0 Å². The third kappa shape index (κ3) is 6.31. The van der Waals surface area contributed by atoms with E-state index in [1.54, 1.807) is 18.1 Å². The van der Waals surface area contributed by atoms with Gasteiger partial charge in [0.25, 0.3) is 0 Å². The van der Waals surface area contributed by atoms with E-state index in [-0.39, 0.29) is 18.4 Å². The molecule has 0 aromatic heterocycles. The monoisotopic (exact) mass is 374 g/mol. The Morgan fingerprint density at radius 1 is 1.37 bits per heavy atom. The molecule has 0 saturated carbocycles. The molecule has 1 aliphatic heterocycles. The zero-order valence-electron chi connectivity index (χ0n) is 16.7. The Kier molecular flexibility index (Phi) is 6.88. The van der Waals surface area contributed by atoms with Crippen LogP contribution in [-0.4, -0.2) is 48.7 Å². The lowest BCUT2D eigenvalue weighted by atomic mass is 10.0. The summed E-state index contributed by atoms with van der Waals surface area (Å²) in [6, 6.07) is 5.59. The third-order valence-electron chi connectivity index (χ3n) is 4.38. The van der Waals surface area contributed by atoms with Crippen molar-refractivity contribution in [3.63, 3.8) is 0 Å². The van der Waals surface area contributed by atoms with E-state index in [1.807, 2.05) is 39.0 Å². The van der Waals surface area contributed by atoms with Crippen LogP contribution in [-0.2, 0) is 16.0 Å². The first-order valence-electron chi connectivity index (χ1n) is 9.28. The quantitative estimate of drug-likeness (QED) is 0.858. The first-order valence-corrected chi connectivity index (χ1v) is 9.28. The minimum absolute atomic E-state index is 0.0235. The number of carbonyl (C=O) groups is 2. The molecule has 0 radical (unpaired) electrons. The molecule has 6 nitrogen and oxygen atoms in total. The summed E-state index contributed by atoms with van der Waals surface area (Å²) in [6.45, 7) is 10.4. The molecule has 1 heterocycles. The van der Waals surface area contributed by atoms with Crippen molar-refractivity contribution in [2.75, 3.05) is 20.2 Å². The van der Waals surface area contributed by atoms with Crippen LogP contribution >= 0.6 is 0 Å². The molecule has 1 saturated heterocycles. The van der Waals surface area contributed by atoms with Crippen molar-refractivity contribution in [1.29, 1.82) is 0 Å². The number of alkyl carbamates (subject to hydrolysis) is 1. The molecule has 148 valence electrons. The first-order chi connectivity index (χ1) is 12.7. The number of hydrogen-bond acceptors (Lipinski definition) is 4. The van der Waals surface area contributed by atoms with Gasteiger partial charge in [0.2, 0.25) is 5.91 Å². The maximum Gasteiger partial charge on any atom is 0.407 e. The van der Waals surface area contributed by atoms with Gasteiger partial charge in [0, 0.05) is 24.7 Å². The van der Waals surface area contributed by atoms with Crippen LogP contribution < -0.4 is 10.1 Å². The van der Waals surface area contributed by atoms with Crippen molar-refractivity contribution in [3.05, 3.63) is 35.9 Å². The predicted molar refractivity (Wildman–Crippen MR) is 106 cm³/mol. The van der Waals surface area contributed by atoms with Gasteiger partial charge >= 0.3 is 6.09 Å². The van der Waals surface area contributed by atoms with Gasteiger partial charge in [-0.05, 0) is 45.2 Å². The van der Waals surface area contributed by atoms with Crippen LogP contribution in [0.15, 0.2) is 24.8 Å². The van der Waals surface area contributed by atoms with Crippen molar-refractivity contribution in [2.24, 2.45) is 0 Å². The van der Waals surface area contributed by atoms with E-state index in [1.165, 1.54) is 0 Å². The van der Waals surface area contributed by atoms with E-state index < -0.39 is 11.7 Å². The van der Waals surface area contributed by atoms with Crippen LogP contribution in [0.5, 0.6) is 5.75 Å². The number of carbonyl (C=O) groups excluding carboxylic acids is 2. The Bertz CT molecular complexity index is 694. The average Bonchev–Trinajstić information content (AvgIpc) is 2.60. The van der Waals surface area contributed by atoms with Crippen LogP contribution in [0.1, 0.15) is 44.7 Å². The average molecular weight is 374 g/mol. The molecule has 1 N–H and O–H groups in total. The summed E-state index contributed by atoms with van der Waals surface area (Å²) in [5, 5.41) is 2.87. The molecule has 1 aliphatic rings. The summed E-state index contributed by atoms with van der Waals surface area (Å²) in [5.74, 6) is 0.705. The lowest BCUT2D eigenvalue weighted by Crippen LogP contribution is -2.50. The SMILES string of the molecule is C=Cc1ccc(CC(=O)N2CCCC(NC(=O)OC(C)(C)C)C2)c(OC)c1. The summed E-state index contributed by atoms with van der Waals surface area (Å²) in [4.78, 5) is 26.5. The molecular weight excluding hydrogens is 344 g/mol. The minimum atomic E-state index is -0.539. The van der Waals surface area contributed by atoms with E-state index in [0.29, 0.717) is 18.8 Å². The summed E-state index contributed by atoms with van der Waals surface area (Å²) < 4.78 is 10.7. The number of amides is 2. The van der Waals surface area contributed by atoms with Gasteiger partial charge in [0.15, 0.2) is 0 Å². The standard InChI is InChI=1S/C21H30N2O4/c1-6-15-9-10-16(18(12-15)26-5)13-19(24)23-11-7-8-17(14-23)22-20(25)27-21(2,3)4/h6,9-10,12,17H,1,7-8,11,13-14H2,2-5H3,(H,22,25). The molecule has 1 atom stereocenters. The highest BCUT2D eigenvalue weighted by molar-refractivity contribution is 5.80. The number of ether oxygens (including phenoxy) is 2. The second kappa shape index (κ2) is 8.93. The van der Waals surface area contributed by atoms with Gasteiger partial charge in [-0.25, -0.2) is 4.79 Å². The first kappa shape index (κ1) is 20.8. The lowest BCUT2D eigenvalue weighted by molar-refractivity contribution is -0.131. The van der Waals surface area contributed by atoms with E-state index in [2.05, 4.69) is 11.9 Å². The van der Waals surface area contributed by atoms with Gasteiger partial charge in [0.1, 0.15) is 11.4 Å². The zero-order valence-corrected chi connectivity index (χ0v) is 16.7. The highest BCUT2D eigenvalue weighted by Crippen LogP contribution is 2.23. The van der Waals surface area contributed by atoms with Crippen molar-refractivity contribution in [2.45, 2.75) is 51.7 Å². The number of benzene rings is 1. The van der Waals surface area contributed by atoms with Gasteiger partial charge in [0.05, 0.1) is 13.5 Å². The zero-order chi connectivity index (χ0) is 20.0. The molecule has 1 aromatic rings. The fourth-order valence-corrected chi connectivity index (χ4v) is 3.10. The van der Waals surface area contributed by atoms with Crippen molar-refractivity contribution >= 4 is 18.1 Å². The van der Waals surface area contributed by atoms with E-state index in [0.717, 1.165) is 24.0 Å². The largest absolute Gasteiger partial charge is 0.496 e. The Morgan fingerprint density at radius 3 is 2.74 bits per heavy atom. The molecule has 1 fully saturated rings. The number of nitrogens with one attached hydrogen (secondary N) is 1. The normalized spacial score (nSPS) is 17.2. The minimum Gasteiger partial charge on any atom is -0.496 e. The van der Waals surface area contributed by atoms with Gasteiger partial charge in [-0.3, -0.25) is 4.79 Å². The Hall–Kier alpha value is -2.50. The summed E-state index contributed by atoms with van der Waals surface area (Å²) in [7, 11) is 1.60. The second-order valence-electron chi connectivity index (χ2n) is 7.78. The number of likely N-dealkylation sites (tertiary alicyclic amines) is 1. The Labute approximate surface area is 161 Å². The van der Waals surface area contributed by atoms with Crippen LogP contribution in [0.2, 0.25) is 0 Å². The van der Waals surface area contributed by atoms with E-state index in [9.17, 15) is 9.59 Å². The fourth-order valence-electron chi connectivity index (χ4n) is 3.10. The molecular formula is C21H30N2O4. The van der Waals surface area contributed by atoms with Gasteiger partial charge in [-0.2, -0.15) is 0 Å². The van der Waals surface area contributed by atoms with E-state index in [4.69, 9.17) is 9.47 Å². The Morgan fingerprint density at radius 2 is 2.11 bits per heavy atom. The van der Waals surface area contributed by atoms with Crippen molar-refractivity contribution in [3.8, 4) is 5.75 Å². The predicted octanol–water partition coefficient (Wildman–Crippen LogP) is 3.40. The highest BCUT2D eigenvalue weighted by Gasteiger charge is 2.27. The third-order valence-corrected chi connectivity index (χ3v) is 4.38. The number of methoxy groups -OCH3 is 1. The summed E-state index contributed by atoms with van der Waals surface area (Å²) >= 11 is 0. The molecule has 1 aromatic carbocycles. The summed E-state index contributed by atoms with van der Waals surface area (Å²) in [6.07, 6.45) is 3.24. The molecule has 0 bridgehead atoms.